The zero-order valence-corrected chi connectivity index (χ0v) is 16.2. The Hall–Kier alpha value is -3.24. The second-order valence-corrected chi connectivity index (χ2v) is 7.08. The number of hydrogen-bond donors (Lipinski definition) is 1. The maximum Gasteiger partial charge on any atom is 0.394 e. The number of nitrogens with zero attached hydrogens (tertiary/aromatic N) is 6. The maximum atomic E-state index is 12.7. The topological polar surface area (TPSA) is 100 Å². The Bertz CT molecular complexity index is 894. The summed E-state index contributed by atoms with van der Waals surface area (Å²) in [6.45, 7) is 5.05. The monoisotopic (exact) mass is 421 g/mol. The first-order valence-electron chi connectivity index (χ1n) is 9.34. The second kappa shape index (κ2) is 9.06. The van der Waals surface area contributed by atoms with E-state index in [0.29, 0.717) is 30.3 Å². The summed E-state index contributed by atoms with van der Waals surface area (Å²) in [6.07, 6.45) is 1.35. The van der Waals surface area contributed by atoms with Crippen molar-refractivity contribution in [2.75, 3.05) is 24.5 Å². The molecule has 8 nitrogen and oxygen atoms in total. The van der Waals surface area contributed by atoms with Crippen LogP contribution < -0.4 is 10.6 Å². The number of hydrogen-bond acceptors (Lipinski definition) is 7. The van der Waals surface area contributed by atoms with Gasteiger partial charge in [-0.25, -0.2) is 9.97 Å². The van der Waals surface area contributed by atoms with Gasteiger partial charge < -0.3 is 15.5 Å². The molecule has 0 aliphatic carbocycles. The van der Waals surface area contributed by atoms with Gasteiger partial charge in [-0.1, -0.05) is 0 Å². The van der Waals surface area contributed by atoms with Crippen molar-refractivity contribution in [1.82, 2.24) is 14.9 Å². The van der Waals surface area contributed by atoms with Crippen molar-refractivity contribution in [3.8, 4) is 0 Å². The standard InChI is InChI=1S/C19H22F3N7O/c1-24-10-15(28-7-5-25-14(12-28)9-19(20,21)22)18-26-4-2-17(27-18)29-6-3-13(11-29)8-16(23)30/h2,4-5,10,12-13H,1,3,6-9,11H2,(H2,23,30)/b15-10-. The summed E-state index contributed by atoms with van der Waals surface area (Å²) in [6, 6.07) is 1.75. The van der Waals surface area contributed by atoms with Gasteiger partial charge in [-0.2, -0.15) is 13.2 Å². The lowest BCUT2D eigenvalue weighted by atomic mass is 10.1. The Labute approximate surface area is 171 Å². The first-order valence-corrected chi connectivity index (χ1v) is 9.34. The van der Waals surface area contributed by atoms with Gasteiger partial charge in [0.25, 0.3) is 0 Å². The van der Waals surface area contributed by atoms with Gasteiger partial charge in [0.2, 0.25) is 5.91 Å². The summed E-state index contributed by atoms with van der Waals surface area (Å²) in [4.78, 5) is 31.2. The van der Waals surface area contributed by atoms with E-state index < -0.39 is 12.6 Å². The first-order chi connectivity index (χ1) is 14.2. The van der Waals surface area contributed by atoms with Gasteiger partial charge in [0.1, 0.15) is 11.5 Å². The molecule has 1 amide bonds. The van der Waals surface area contributed by atoms with Crippen LogP contribution in [-0.4, -0.2) is 59.5 Å². The molecule has 3 rings (SSSR count). The lowest BCUT2D eigenvalue weighted by Gasteiger charge is -2.25. The van der Waals surface area contributed by atoms with E-state index in [2.05, 4.69) is 26.7 Å². The van der Waals surface area contributed by atoms with Gasteiger partial charge in [0.15, 0.2) is 5.82 Å². The molecule has 1 aromatic heterocycles. The molecule has 2 N–H and O–H groups in total. The Balaban J connectivity index is 1.82. The van der Waals surface area contributed by atoms with Crippen molar-refractivity contribution < 1.29 is 18.0 Å². The number of nitrogens with two attached hydrogens (primary N) is 1. The first kappa shape index (κ1) is 21.5. The number of aliphatic imine (C=N–C) groups is 2. The van der Waals surface area contributed by atoms with Gasteiger partial charge in [-0.15, -0.1) is 0 Å². The van der Waals surface area contributed by atoms with E-state index in [1.165, 1.54) is 18.6 Å². The van der Waals surface area contributed by atoms with E-state index in [0.717, 1.165) is 13.0 Å². The zero-order chi connectivity index (χ0) is 21.7. The largest absolute Gasteiger partial charge is 0.394 e. The van der Waals surface area contributed by atoms with Crippen LogP contribution >= 0.6 is 0 Å². The van der Waals surface area contributed by atoms with Crippen LogP contribution in [0.4, 0.5) is 19.0 Å². The summed E-state index contributed by atoms with van der Waals surface area (Å²) in [5.41, 5.74) is 5.58. The number of alkyl halides is 3. The molecule has 1 atom stereocenters. The summed E-state index contributed by atoms with van der Waals surface area (Å²) in [7, 11) is 0. The van der Waals surface area contributed by atoms with Crippen LogP contribution in [-0.2, 0) is 4.79 Å². The summed E-state index contributed by atoms with van der Waals surface area (Å²) in [5, 5.41) is 0. The van der Waals surface area contributed by atoms with Crippen LogP contribution in [0.2, 0.25) is 0 Å². The number of allylic oxidation sites excluding steroid dienone is 1. The average molecular weight is 421 g/mol. The van der Waals surface area contributed by atoms with Crippen LogP contribution in [0.1, 0.15) is 25.1 Å². The summed E-state index contributed by atoms with van der Waals surface area (Å²) in [5.74, 6) is 0.793. The molecule has 0 radical (unpaired) electrons. The molecular weight excluding hydrogens is 399 g/mol. The van der Waals surface area contributed by atoms with Crippen molar-refractivity contribution in [2.24, 2.45) is 21.6 Å². The fourth-order valence-corrected chi connectivity index (χ4v) is 3.46. The third-order valence-electron chi connectivity index (χ3n) is 4.71. The fourth-order valence-electron chi connectivity index (χ4n) is 3.46. The smallest absolute Gasteiger partial charge is 0.370 e. The molecule has 30 heavy (non-hydrogen) atoms. The lowest BCUT2D eigenvalue weighted by Crippen LogP contribution is -2.26. The van der Waals surface area contributed by atoms with Crippen LogP contribution in [0.25, 0.3) is 5.70 Å². The Morgan fingerprint density at radius 2 is 2.23 bits per heavy atom. The SMILES string of the molecule is C=N/C=C(/c1nccc(N2CCC(CC(N)=O)C2)n1)N1C=C(CC(F)(F)F)N=CC1. The molecule has 3 heterocycles. The molecule has 0 saturated carbocycles. The molecule has 0 aromatic carbocycles. The van der Waals surface area contributed by atoms with Crippen LogP contribution in [0.3, 0.4) is 0 Å². The fraction of sp³-hybridized carbons (Fsp3) is 0.421. The molecule has 0 spiro atoms. The zero-order valence-electron chi connectivity index (χ0n) is 16.2. The van der Waals surface area contributed by atoms with E-state index >= 15 is 0 Å². The average Bonchev–Trinajstić information content (AvgIpc) is 3.13. The van der Waals surface area contributed by atoms with Crippen LogP contribution in [0.15, 0.2) is 40.3 Å². The number of rotatable bonds is 7. The molecule has 1 unspecified atom stereocenters. The van der Waals surface area contributed by atoms with Gasteiger partial charge in [-0.3, -0.25) is 14.8 Å². The minimum atomic E-state index is -4.36. The van der Waals surface area contributed by atoms with Gasteiger partial charge >= 0.3 is 6.18 Å². The van der Waals surface area contributed by atoms with Gasteiger partial charge in [0.05, 0.1) is 24.9 Å². The quantitative estimate of drug-likeness (QED) is 0.682. The highest BCUT2D eigenvalue weighted by atomic mass is 19.4. The predicted octanol–water partition coefficient (Wildman–Crippen LogP) is 2.36. The predicted molar refractivity (Wildman–Crippen MR) is 108 cm³/mol. The van der Waals surface area contributed by atoms with E-state index in [4.69, 9.17) is 5.73 Å². The molecule has 2 aliphatic rings. The van der Waals surface area contributed by atoms with Gasteiger partial charge in [0, 0.05) is 38.1 Å². The van der Waals surface area contributed by atoms with E-state index in [1.54, 1.807) is 17.2 Å². The highest BCUT2D eigenvalue weighted by molar-refractivity contribution is 5.74. The minimum Gasteiger partial charge on any atom is -0.370 e. The highest BCUT2D eigenvalue weighted by Gasteiger charge is 2.30. The van der Waals surface area contributed by atoms with E-state index in [-0.39, 0.29) is 24.1 Å². The third-order valence-corrected chi connectivity index (χ3v) is 4.71. The minimum absolute atomic E-state index is 0.117. The number of aromatic nitrogens is 2. The highest BCUT2D eigenvalue weighted by Crippen LogP contribution is 2.29. The van der Waals surface area contributed by atoms with Crippen LogP contribution in [0.5, 0.6) is 0 Å². The van der Waals surface area contributed by atoms with Gasteiger partial charge in [-0.05, 0) is 25.1 Å². The van der Waals surface area contributed by atoms with E-state index in [9.17, 15) is 18.0 Å². The Morgan fingerprint density at radius 3 is 2.93 bits per heavy atom. The number of halogens is 3. The molecule has 1 aromatic rings. The Morgan fingerprint density at radius 1 is 1.43 bits per heavy atom. The number of primary amides is 1. The molecule has 2 aliphatic heterocycles. The summed E-state index contributed by atoms with van der Waals surface area (Å²) < 4.78 is 38.2. The number of amides is 1. The molecule has 160 valence electrons. The Kier molecular flexibility index (Phi) is 6.48. The lowest BCUT2D eigenvalue weighted by molar-refractivity contribution is -0.127. The molecule has 1 saturated heterocycles. The van der Waals surface area contributed by atoms with Crippen molar-refractivity contribution >= 4 is 30.4 Å². The maximum absolute atomic E-state index is 12.7. The van der Waals surface area contributed by atoms with Crippen LogP contribution in [0, 0.1) is 5.92 Å². The molecule has 1 fully saturated rings. The number of anilines is 1. The van der Waals surface area contributed by atoms with Crippen molar-refractivity contribution in [1.29, 1.82) is 0 Å². The molecular formula is C19H22F3N7O. The molecule has 0 bridgehead atoms. The number of carbonyl (C=O) groups excluding carboxylic acids is 1. The summed E-state index contributed by atoms with van der Waals surface area (Å²) >= 11 is 0. The van der Waals surface area contributed by atoms with Crippen molar-refractivity contribution in [3.63, 3.8) is 0 Å². The molecule has 11 heteroatoms. The normalized spacial score (nSPS) is 19.8. The van der Waals surface area contributed by atoms with Crippen molar-refractivity contribution in [3.05, 3.63) is 36.2 Å². The third kappa shape index (κ3) is 5.65. The second-order valence-electron chi connectivity index (χ2n) is 7.08. The van der Waals surface area contributed by atoms with Crippen molar-refractivity contribution in [2.45, 2.75) is 25.4 Å². The number of carbonyl (C=O) groups is 1. The van der Waals surface area contributed by atoms with E-state index in [1.807, 2.05) is 4.90 Å².